The van der Waals surface area contributed by atoms with Crippen LogP contribution < -0.4 is 0 Å². The van der Waals surface area contributed by atoms with E-state index in [0.717, 1.165) is 24.8 Å². The monoisotopic (exact) mass is 283 g/mol. The maximum Gasteiger partial charge on any atom is 0.308 e. The molecule has 4 nitrogen and oxygen atoms in total. The summed E-state index contributed by atoms with van der Waals surface area (Å²) in [5.41, 5.74) is 2.16. The molecule has 4 atom stereocenters. The van der Waals surface area contributed by atoms with E-state index in [4.69, 9.17) is 0 Å². The second-order valence-corrected chi connectivity index (χ2v) is 6.36. The smallest absolute Gasteiger partial charge is 0.308 e. The van der Waals surface area contributed by atoms with Crippen molar-refractivity contribution < 1.29 is 14.7 Å². The Morgan fingerprint density at radius 1 is 1.19 bits per heavy atom. The lowest BCUT2D eigenvalue weighted by atomic mass is 9.83. The minimum atomic E-state index is -0.774. The van der Waals surface area contributed by atoms with Gasteiger partial charge in [0.25, 0.3) is 5.91 Å². The van der Waals surface area contributed by atoms with E-state index in [1.165, 1.54) is 0 Å². The van der Waals surface area contributed by atoms with E-state index in [1.54, 1.807) is 11.0 Å². The fourth-order valence-corrected chi connectivity index (χ4v) is 4.60. The zero-order valence-corrected chi connectivity index (χ0v) is 11.7. The molecule has 3 aliphatic rings. The predicted molar refractivity (Wildman–Crippen MR) is 77.4 cm³/mol. The Morgan fingerprint density at radius 3 is 2.52 bits per heavy atom. The van der Waals surface area contributed by atoms with Gasteiger partial charge in [0.05, 0.1) is 12.0 Å². The normalized spacial score (nSPS) is 33.6. The van der Waals surface area contributed by atoms with Crippen molar-refractivity contribution in [2.75, 3.05) is 0 Å². The van der Waals surface area contributed by atoms with E-state index in [2.05, 4.69) is 6.58 Å². The third kappa shape index (κ3) is 1.56. The molecule has 0 aromatic heterocycles. The van der Waals surface area contributed by atoms with Crippen molar-refractivity contribution in [2.45, 2.75) is 25.3 Å². The lowest BCUT2D eigenvalue weighted by molar-refractivity contribution is -0.145. The molecular formula is C17H17NO3. The molecule has 1 heterocycles. The second-order valence-electron chi connectivity index (χ2n) is 6.36. The number of aliphatic carboxylic acids is 1. The van der Waals surface area contributed by atoms with Gasteiger partial charge in [-0.25, -0.2) is 0 Å². The van der Waals surface area contributed by atoms with E-state index in [1.807, 2.05) is 18.2 Å². The van der Waals surface area contributed by atoms with Crippen LogP contribution in [0.4, 0.5) is 0 Å². The first-order chi connectivity index (χ1) is 10.1. The Balaban J connectivity index is 1.76. The molecule has 2 bridgehead atoms. The summed E-state index contributed by atoms with van der Waals surface area (Å²) >= 11 is 0. The van der Waals surface area contributed by atoms with E-state index in [0.29, 0.717) is 17.2 Å². The number of rotatable bonds is 2. The van der Waals surface area contributed by atoms with Gasteiger partial charge in [-0.3, -0.25) is 9.59 Å². The molecule has 4 rings (SSSR count). The highest BCUT2D eigenvalue weighted by Crippen LogP contribution is 2.53. The summed E-state index contributed by atoms with van der Waals surface area (Å²) in [7, 11) is 0. The molecule has 2 saturated carbocycles. The van der Waals surface area contributed by atoms with E-state index < -0.39 is 11.9 Å². The Bertz CT molecular complexity index is 631. The maximum absolute atomic E-state index is 12.7. The minimum absolute atomic E-state index is 0.0839. The molecule has 4 unspecified atom stereocenters. The van der Waals surface area contributed by atoms with Gasteiger partial charge in [0, 0.05) is 16.8 Å². The third-order valence-corrected chi connectivity index (χ3v) is 5.43. The van der Waals surface area contributed by atoms with Crippen LogP contribution in [-0.4, -0.2) is 27.9 Å². The second kappa shape index (κ2) is 4.20. The van der Waals surface area contributed by atoms with E-state index >= 15 is 0 Å². The Hall–Kier alpha value is -2.10. The SMILES string of the molecule is C=C1c2ccccc2C(=O)N1C1C2CCC(C2)C1C(=O)O. The van der Waals surface area contributed by atoms with Crippen LogP contribution in [-0.2, 0) is 4.79 Å². The average Bonchev–Trinajstić information content (AvgIpc) is 3.13. The first-order valence-electron chi connectivity index (χ1n) is 7.44. The number of carbonyl (C=O) groups excluding carboxylic acids is 1. The number of hydrogen-bond acceptors (Lipinski definition) is 2. The molecule has 0 saturated heterocycles. The highest BCUT2D eigenvalue weighted by molar-refractivity contribution is 6.09. The topological polar surface area (TPSA) is 57.6 Å². The van der Waals surface area contributed by atoms with Crippen molar-refractivity contribution in [2.24, 2.45) is 17.8 Å². The number of benzene rings is 1. The van der Waals surface area contributed by atoms with Crippen molar-refractivity contribution in [3.8, 4) is 0 Å². The number of nitrogens with zero attached hydrogens (tertiary/aromatic N) is 1. The predicted octanol–water partition coefficient (Wildman–Crippen LogP) is 2.61. The molecule has 1 aromatic carbocycles. The molecule has 2 aliphatic carbocycles. The van der Waals surface area contributed by atoms with Crippen LogP contribution in [0.15, 0.2) is 30.8 Å². The summed E-state index contributed by atoms with van der Waals surface area (Å²) in [6, 6.07) is 7.18. The first-order valence-corrected chi connectivity index (χ1v) is 7.44. The number of amides is 1. The molecule has 2 fully saturated rings. The first kappa shape index (κ1) is 12.6. The summed E-state index contributed by atoms with van der Waals surface area (Å²) in [5, 5.41) is 9.59. The summed E-state index contributed by atoms with van der Waals surface area (Å²) in [5.74, 6) is -0.796. The molecule has 0 radical (unpaired) electrons. The number of hydrogen-bond donors (Lipinski definition) is 1. The summed E-state index contributed by atoms with van der Waals surface area (Å²) < 4.78 is 0. The van der Waals surface area contributed by atoms with Crippen molar-refractivity contribution in [1.82, 2.24) is 4.90 Å². The molecule has 108 valence electrons. The number of carboxylic acid groups (broad SMARTS) is 1. The molecule has 4 heteroatoms. The standard InChI is InChI=1S/C17H17NO3/c1-9-12-4-2-3-5-13(12)16(19)18(9)15-11-7-6-10(8-11)14(15)17(20)21/h2-5,10-11,14-15H,1,6-8H2,(H,20,21). The molecule has 0 spiro atoms. The van der Waals surface area contributed by atoms with Crippen LogP contribution in [0.25, 0.3) is 5.70 Å². The summed E-state index contributed by atoms with van der Waals surface area (Å²) in [4.78, 5) is 26.1. The fourth-order valence-electron chi connectivity index (χ4n) is 4.60. The van der Waals surface area contributed by atoms with Gasteiger partial charge in [0.1, 0.15) is 0 Å². The van der Waals surface area contributed by atoms with Crippen molar-refractivity contribution >= 4 is 17.6 Å². The molecular weight excluding hydrogens is 266 g/mol. The highest BCUT2D eigenvalue weighted by Gasteiger charge is 2.56. The van der Waals surface area contributed by atoms with Crippen LogP contribution in [0.5, 0.6) is 0 Å². The Morgan fingerprint density at radius 2 is 1.86 bits per heavy atom. The molecule has 1 aliphatic heterocycles. The Kier molecular flexibility index (Phi) is 2.52. The number of carboxylic acids is 1. The number of fused-ring (bicyclic) bond motifs is 3. The number of carbonyl (C=O) groups is 2. The van der Waals surface area contributed by atoms with Crippen molar-refractivity contribution in [3.63, 3.8) is 0 Å². The minimum Gasteiger partial charge on any atom is -0.481 e. The van der Waals surface area contributed by atoms with E-state index in [-0.39, 0.29) is 17.9 Å². The quantitative estimate of drug-likeness (QED) is 0.907. The fraction of sp³-hybridized carbons (Fsp3) is 0.412. The van der Waals surface area contributed by atoms with Gasteiger partial charge >= 0.3 is 5.97 Å². The van der Waals surface area contributed by atoms with E-state index in [9.17, 15) is 14.7 Å². The van der Waals surface area contributed by atoms with Gasteiger partial charge in [0.2, 0.25) is 0 Å². The van der Waals surface area contributed by atoms with Gasteiger partial charge in [-0.05, 0) is 37.2 Å². The molecule has 1 amide bonds. The largest absolute Gasteiger partial charge is 0.481 e. The molecule has 1 aromatic rings. The van der Waals surface area contributed by atoms with Gasteiger partial charge < -0.3 is 10.0 Å². The van der Waals surface area contributed by atoms with Gasteiger partial charge in [-0.2, -0.15) is 0 Å². The third-order valence-electron chi connectivity index (χ3n) is 5.43. The summed E-state index contributed by atoms with van der Waals surface area (Å²) in [6.45, 7) is 4.06. The van der Waals surface area contributed by atoms with Crippen LogP contribution in [0.2, 0.25) is 0 Å². The zero-order valence-electron chi connectivity index (χ0n) is 11.7. The van der Waals surface area contributed by atoms with Crippen molar-refractivity contribution in [1.29, 1.82) is 0 Å². The van der Waals surface area contributed by atoms with Gasteiger partial charge in [0.15, 0.2) is 0 Å². The van der Waals surface area contributed by atoms with Gasteiger partial charge in [-0.15, -0.1) is 0 Å². The van der Waals surface area contributed by atoms with Crippen LogP contribution in [0.1, 0.15) is 35.2 Å². The molecule has 1 N–H and O–H groups in total. The van der Waals surface area contributed by atoms with Crippen LogP contribution in [0.3, 0.4) is 0 Å². The summed E-state index contributed by atoms with van der Waals surface area (Å²) in [6.07, 6.45) is 2.92. The zero-order chi connectivity index (χ0) is 14.7. The maximum atomic E-state index is 12.7. The van der Waals surface area contributed by atoms with Gasteiger partial charge in [-0.1, -0.05) is 24.8 Å². The molecule has 21 heavy (non-hydrogen) atoms. The lowest BCUT2D eigenvalue weighted by Crippen LogP contribution is -2.46. The van der Waals surface area contributed by atoms with Crippen molar-refractivity contribution in [3.05, 3.63) is 42.0 Å². The lowest BCUT2D eigenvalue weighted by Gasteiger charge is -2.36. The van der Waals surface area contributed by atoms with Crippen LogP contribution in [0, 0.1) is 17.8 Å². The van der Waals surface area contributed by atoms with Crippen LogP contribution >= 0.6 is 0 Å². The highest BCUT2D eigenvalue weighted by atomic mass is 16.4. The average molecular weight is 283 g/mol. The Labute approximate surface area is 123 Å².